The minimum atomic E-state index is -0.544. The zero-order chi connectivity index (χ0) is 20.6. The summed E-state index contributed by atoms with van der Waals surface area (Å²) < 4.78 is 11.3. The van der Waals surface area contributed by atoms with Crippen molar-refractivity contribution in [2.24, 2.45) is 0 Å². The number of aromatic nitrogens is 2. The highest BCUT2D eigenvalue weighted by Gasteiger charge is 2.17. The van der Waals surface area contributed by atoms with Crippen LogP contribution in [-0.4, -0.2) is 66.0 Å². The van der Waals surface area contributed by atoms with E-state index in [9.17, 15) is 5.11 Å². The van der Waals surface area contributed by atoms with Crippen LogP contribution >= 0.6 is 0 Å². The van der Waals surface area contributed by atoms with Gasteiger partial charge in [-0.25, -0.2) is 4.98 Å². The van der Waals surface area contributed by atoms with Gasteiger partial charge in [-0.2, -0.15) is 4.98 Å². The molecule has 0 bridgehead atoms. The monoisotopic (exact) mass is 401 g/mol. The minimum absolute atomic E-state index is 0.210. The van der Waals surface area contributed by atoms with E-state index in [1.54, 1.807) is 7.11 Å². The summed E-state index contributed by atoms with van der Waals surface area (Å²) in [6, 6.07) is 7.44. The standard InChI is InChI=1S/C21H31N5O3/c1-4-22-20-11-15(2)23-21(25-20)24-16-7-8-18(28-3)19(12-16)29-14-17(27)13-26-9-5-6-10-26/h7-8,11-12,17,27H,4-6,9-10,13-14H2,1-3H3,(H2,22,23,24,25)/t17-/m1/s1. The van der Waals surface area contributed by atoms with Crippen molar-refractivity contribution < 1.29 is 14.6 Å². The quantitative estimate of drug-likeness (QED) is 0.560. The van der Waals surface area contributed by atoms with Crippen LogP contribution in [0.3, 0.4) is 0 Å². The molecule has 0 aliphatic carbocycles. The third-order valence-corrected chi connectivity index (χ3v) is 4.73. The van der Waals surface area contributed by atoms with Gasteiger partial charge in [0.25, 0.3) is 0 Å². The zero-order valence-electron chi connectivity index (χ0n) is 17.4. The molecule has 2 heterocycles. The number of aliphatic hydroxyl groups is 1. The third kappa shape index (κ3) is 6.20. The lowest BCUT2D eigenvalue weighted by Crippen LogP contribution is -2.33. The predicted octanol–water partition coefficient (Wildman–Crippen LogP) is 2.80. The summed E-state index contributed by atoms with van der Waals surface area (Å²) in [5, 5.41) is 16.7. The minimum Gasteiger partial charge on any atom is -0.493 e. The van der Waals surface area contributed by atoms with Gasteiger partial charge in [0, 0.05) is 36.6 Å². The van der Waals surface area contributed by atoms with Gasteiger partial charge < -0.3 is 30.1 Å². The molecule has 1 aromatic carbocycles. The van der Waals surface area contributed by atoms with Crippen LogP contribution in [-0.2, 0) is 0 Å². The number of nitrogens with zero attached hydrogens (tertiary/aromatic N) is 3. The van der Waals surface area contributed by atoms with Crippen LogP contribution in [0, 0.1) is 6.92 Å². The van der Waals surface area contributed by atoms with Crippen LogP contribution < -0.4 is 20.1 Å². The number of hydrogen-bond donors (Lipinski definition) is 3. The molecule has 1 aliphatic rings. The lowest BCUT2D eigenvalue weighted by molar-refractivity contribution is 0.0747. The lowest BCUT2D eigenvalue weighted by atomic mass is 10.2. The highest BCUT2D eigenvalue weighted by molar-refractivity contribution is 5.60. The number of benzene rings is 1. The molecule has 0 amide bonds. The molecule has 2 aromatic rings. The molecule has 0 saturated carbocycles. The van der Waals surface area contributed by atoms with Gasteiger partial charge in [-0.3, -0.25) is 0 Å². The summed E-state index contributed by atoms with van der Waals surface area (Å²) in [5.41, 5.74) is 1.65. The van der Waals surface area contributed by atoms with Crippen LogP contribution in [0.2, 0.25) is 0 Å². The fourth-order valence-electron chi connectivity index (χ4n) is 3.39. The van der Waals surface area contributed by atoms with Crippen molar-refractivity contribution in [3.05, 3.63) is 30.0 Å². The first-order chi connectivity index (χ1) is 14.1. The van der Waals surface area contributed by atoms with E-state index in [0.29, 0.717) is 24.0 Å². The van der Waals surface area contributed by atoms with Crippen LogP contribution in [0.25, 0.3) is 0 Å². The van der Waals surface area contributed by atoms with Gasteiger partial charge in [-0.1, -0.05) is 0 Å². The molecule has 8 nitrogen and oxygen atoms in total. The number of hydrogen-bond acceptors (Lipinski definition) is 8. The van der Waals surface area contributed by atoms with Crippen molar-refractivity contribution in [2.75, 3.05) is 50.5 Å². The van der Waals surface area contributed by atoms with E-state index >= 15 is 0 Å². The van der Waals surface area contributed by atoms with Crippen molar-refractivity contribution in [2.45, 2.75) is 32.8 Å². The molecular formula is C21H31N5O3. The average Bonchev–Trinajstić information content (AvgIpc) is 3.19. The van der Waals surface area contributed by atoms with E-state index in [1.807, 2.05) is 38.1 Å². The van der Waals surface area contributed by atoms with E-state index in [1.165, 1.54) is 12.8 Å². The molecule has 0 radical (unpaired) electrons. The molecule has 158 valence electrons. The Labute approximate surface area is 172 Å². The van der Waals surface area contributed by atoms with E-state index in [0.717, 1.165) is 36.8 Å². The Bertz CT molecular complexity index is 796. The van der Waals surface area contributed by atoms with Crippen LogP contribution in [0.15, 0.2) is 24.3 Å². The number of anilines is 3. The molecule has 0 spiro atoms. The van der Waals surface area contributed by atoms with Gasteiger partial charge >= 0.3 is 0 Å². The Morgan fingerprint density at radius 1 is 1.17 bits per heavy atom. The fourth-order valence-corrected chi connectivity index (χ4v) is 3.39. The van der Waals surface area contributed by atoms with Crippen LogP contribution in [0.5, 0.6) is 11.5 Å². The molecule has 1 fully saturated rings. The average molecular weight is 402 g/mol. The number of methoxy groups -OCH3 is 1. The molecule has 3 N–H and O–H groups in total. The highest BCUT2D eigenvalue weighted by atomic mass is 16.5. The first-order valence-electron chi connectivity index (χ1n) is 10.1. The smallest absolute Gasteiger partial charge is 0.229 e. The first kappa shape index (κ1) is 21.1. The summed E-state index contributed by atoms with van der Waals surface area (Å²) in [7, 11) is 1.60. The summed E-state index contributed by atoms with van der Waals surface area (Å²) in [4.78, 5) is 11.2. The maximum atomic E-state index is 10.3. The Kier molecular flexibility index (Phi) is 7.48. The molecule has 0 unspecified atom stereocenters. The Balaban J connectivity index is 1.66. The number of β-amino-alcohol motifs (C(OH)–C–C–N with tert-alkyl or cyclic N) is 1. The Morgan fingerprint density at radius 2 is 1.97 bits per heavy atom. The molecule has 8 heteroatoms. The topological polar surface area (TPSA) is 91.8 Å². The predicted molar refractivity (Wildman–Crippen MR) is 114 cm³/mol. The van der Waals surface area contributed by atoms with Gasteiger partial charge in [0.05, 0.1) is 7.11 Å². The summed E-state index contributed by atoms with van der Waals surface area (Å²) in [5.74, 6) is 2.46. The van der Waals surface area contributed by atoms with Gasteiger partial charge in [0.2, 0.25) is 5.95 Å². The molecule has 29 heavy (non-hydrogen) atoms. The van der Waals surface area contributed by atoms with Gasteiger partial charge in [0.1, 0.15) is 18.5 Å². The molecule has 1 atom stereocenters. The maximum Gasteiger partial charge on any atom is 0.229 e. The number of rotatable bonds is 10. The molecular weight excluding hydrogens is 370 g/mol. The van der Waals surface area contributed by atoms with Crippen LogP contribution in [0.1, 0.15) is 25.5 Å². The number of nitrogens with one attached hydrogen (secondary N) is 2. The second-order valence-corrected chi connectivity index (χ2v) is 7.21. The van der Waals surface area contributed by atoms with E-state index in [2.05, 4.69) is 25.5 Å². The van der Waals surface area contributed by atoms with Crippen molar-refractivity contribution >= 4 is 17.5 Å². The SMILES string of the molecule is CCNc1cc(C)nc(Nc2ccc(OC)c(OC[C@H](O)CN3CCCC3)c2)n1. The Hall–Kier alpha value is -2.58. The second-order valence-electron chi connectivity index (χ2n) is 7.21. The van der Waals surface area contributed by atoms with Gasteiger partial charge in [-0.15, -0.1) is 0 Å². The van der Waals surface area contributed by atoms with Crippen molar-refractivity contribution in [3.8, 4) is 11.5 Å². The van der Waals surface area contributed by atoms with Crippen LogP contribution in [0.4, 0.5) is 17.5 Å². The second kappa shape index (κ2) is 10.3. The maximum absolute atomic E-state index is 10.3. The van der Waals surface area contributed by atoms with Gasteiger partial charge in [0.15, 0.2) is 11.5 Å². The highest BCUT2D eigenvalue weighted by Crippen LogP contribution is 2.31. The van der Waals surface area contributed by atoms with E-state index < -0.39 is 6.10 Å². The number of aryl methyl sites for hydroxylation is 1. The summed E-state index contributed by atoms with van der Waals surface area (Å²) in [6.07, 6.45) is 1.86. The van der Waals surface area contributed by atoms with Crippen molar-refractivity contribution in [1.29, 1.82) is 0 Å². The van der Waals surface area contributed by atoms with Gasteiger partial charge in [-0.05, 0) is 51.9 Å². The fraction of sp³-hybridized carbons (Fsp3) is 0.524. The van der Waals surface area contributed by atoms with Crippen molar-refractivity contribution in [1.82, 2.24) is 14.9 Å². The Morgan fingerprint density at radius 3 is 2.69 bits per heavy atom. The third-order valence-electron chi connectivity index (χ3n) is 4.73. The number of aliphatic hydroxyl groups excluding tert-OH is 1. The molecule has 1 aromatic heterocycles. The summed E-state index contributed by atoms with van der Waals surface area (Å²) >= 11 is 0. The number of ether oxygens (including phenoxy) is 2. The van der Waals surface area contributed by atoms with Crippen molar-refractivity contribution in [3.63, 3.8) is 0 Å². The largest absolute Gasteiger partial charge is 0.493 e. The molecule has 1 aliphatic heterocycles. The summed E-state index contributed by atoms with van der Waals surface area (Å²) in [6.45, 7) is 7.67. The molecule has 1 saturated heterocycles. The van der Waals surface area contributed by atoms with E-state index in [4.69, 9.17) is 9.47 Å². The van der Waals surface area contributed by atoms with E-state index in [-0.39, 0.29) is 6.61 Å². The molecule has 3 rings (SSSR count). The lowest BCUT2D eigenvalue weighted by Gasteiger charge is -2.20. The number of likely N-dealkylation sites (tertiary alicyclic amines) is 1. The normalized spacial score (nSPS) is 15.2. The first-order valence-corrected chi connectivity index (χ1v) is 10.1. The zero-order valence-corrected chi connectivity index (χ0v) is 17.4.